The van der Waals surface area contributed by atoms with Gasteiger partial charge < -0.3 is 14.8 Å². The van der Waals surface area contributed by atoms with E-state index in [-0.39, 0.29) is 11.7 Å². The largest absolute Gasteiger partial charge is 0.323 e. The first-order chi connectivity index (χ1) is 17.0. The molecule has 1 aliphatic heterocycles. The molecule has 1 unspecified atom stereocenters. The molecule has 0 fully saturated rings. The fourth-order valence-corrected chi connectivity index (χ4v) is 6.76. The van der Waals surface area contributed by atoms with Crippen molar-refractivity contribution in [2.24, 2.45) is 0 Å². The Kier molecular flexibility index (Phi) is 5.44. The lowest BCUT2D eigenvalue weighted by molar-refractivity contribution is 0.194. The van der Waals surface area contributed by atoms with E-state index in [0.29, 0.717) is 6.54 Å². The van der Waals surface area contributed by atoms with E-state index >= 15 is 0 Å². The van der Waals surface area contributed by atoms with Crippen molar-refractivity contribution in [3.05, 3.63) is 105 Å². The van der Waals surface area contributed by atoms with Gasteiger partial charge in [-0.25, -0.2) is 13.6 Å². The third-order valence-electron chi connectivity index (χ3n) is 6.97. The molecule has 2 aromatic heterocycles. The molecule has 2 amide bonds. The first-order valence-corrected chi connectivity index (χ1v) is 12.7. The average molecular weight is 490 g/mol. The molecule has 4 aromatic rings. The minimum atomic E-state index is -0.668. The number of halogens is 2. The number of anilines is 1. The minimum absolute atomic E-state index is 0.162. The number of fused-ring (bicyclic) bond motifs is 5. The summed E-state index contributed by atoms with van der Waals surface area (Å²) >= 11 is 1.82. The van der Waals surface area contributed by atoms with Crippen LogP contribution in [0.25, 0.3) is 5.00 Å². The molecule has 1 N–H and O–H groups in total. The fourth-order valence-electron chi connectivity index (χ4n) is 5.36. The third kappa shape index (κ3) is 3.84. The molecule has 0 radical (unpaired) electrons. The van der Waals surface area contributed by atoms with Crippen molar-refractivity contribution < 1.29 is 13.6 Å². The number of nitrogens with zero attached hydrogens (tertiary/aromatic N) is 2. The Labute approximate surface area is 206 Å². The molecule has 35 heavy (non-hydrogen) atoms. The van der Waals surface area contributed by atoms with E-state index in [4.69, 9.17) is 0 Å². The lowest BCUT2D eigenvalue weighted by Crippen LogP contribution is -2.38. The quantitative estimate of drug-likeness (QED) is 0.319. The summed E-state index contributed by atoms with van der Waals surface area (Å²) in [6.45, 7) is 2.42. The third-order valence-corrected chi connectivity index (χ3v) is 8.30. The summed E-state index contributed by atoms with van der Waals surface area (Å²) < 4.78 is 30.5. The van der Waals surface area contributed by atoms with Crippen LogP contribution in [0.5, 0.6) is 0 Å². The van der Waals surface area contributed by atoms with Gasteiger partial charge in [-0.05, 0) is 68.0 Å². The molecular formula is C28H25F2N3OS. The summed E-state index contributed by atoms with van der Waals surface area (Å²) in [5, 5.41) is 3.81. The van der Waals surface area contributed by atoms with Crippen molar-refractivity contribution in [3.8, 4) is 5.00 Å². The van der Waals surface area contributed by atoms with E-state index in [1.165, 1.54) is 16.9 Å². The molecule has 0 spiro atoms. The normalized spacial score (nSPS) is 16.8. The zero-order valence-corrected chi connectivity index (χ0v) is 20.2. The Morgan fingerprint density at radius 3 is 2.74 bits per heavy atom. The van der Waals surface area contributed by atoms with E-state index in [0.717, 1.165) is 64.8 Å². The van der Waals surface area contributed by atoms with E-state index in [1.807, 2.05) is 48.6 Å². The van der Waals surface area contributed by atoms with Crippen LogP contribution in [0.1, 0.15) is 51.7 Å². The van der Waals surface area contributed by atoms with Gasteiger partial charge in [0.2, 0.25) is 0 Å². The Morgan fingerprint density at radius 2 is 1.89 bits per heavy atom. The predicted octanol–water partition coefficient (Wildman–Crippen LogP) is 7.14. The summed E-state index contributed by atoms with van der Waals surface area (Å²) in [6, 6.07) is 14.4. The van der Waals surface area contributed by atoms with Crippen LogP contribution in [-0.2, 0) is 19.4 Å². The van der Waals surface area contributed by atoms with Gasteiger partial charge in [-0.3, -0.25) is 0 Å². The van der Waals surface area contributed by atoms with E-state index < -0.39 is 17.7 Å². The molecule has 7 heteroatoms. The van der Waals surface area contributed by atoms with Crippen LogP contribution >= 0.6 is 11.3 Å². The van der Waals surface area contributed by atoms with Crippen LogP contribution in [0.2, 0.25) is 0 Å². The number of carbonyl (C=O) groups is 1. The Balaban J connectivity index is 1.51. The van der Waals surface area contributed by atoms with Crippen LogP contribution in [0.15, 0.2) is 60.8 Å². The van der Waals surface area contributed by atoms with E-state index in [2.05, 4.69) is 22.1 Å². The second-order valence-corrected chi connectivity index (χ2v) is 10.4. The first kappa shape index (κ1) is 22.0. The summed E-state index contributed by atoms with van der Waals surface area (Å²) in [4.78, 5) is 17.0. The van der Waals surface area contributed by atoms with Crippen molar-refractivity contribution in [2.45, 2.75) is 45.2 Å². The van der Waals surface area contributed by atoms with Gasteiger partial charge in [-0.15, -0.1) is 11.3 Å². The second kappa shape index (κ2) is 8.64. The molecule has 2 aromatic carbocycles. The maximum absolute atomic E-state index is 14.5. The van der Waals surface area contributed by atoms with Gasteiger partial charge in [0, 0.05) is 22.7 Å². The molecular weight excluding hydrogens is 464 g/mol. The highest BCUT2D eigenvalue weighted by Crippen LogP contribution is 2.44. The number of hydrogen-bond acceptors (Lipinski definition) is 2. The number of carbonyl (C=O) groups excluding carboxylic acids is 1. The standard InChI is InChI=1S/C28H25F2N3OS/c1-17-6-4-7-18(14-17)26-24-9-5-13-32(24)27-21(20-8-2-3-10-25(20)35-27)16-33(26)28(34)31-23-15-19(29)11-12-22(23)30/h4-7,9,11-15,26H,2-3,8,10,16H2,1H3,(H,31,34). The van der Waals surface area contributed by atoms with Gasteiger partial charge >= 0.3 is 6.03 Å². The van der Waals surface area contributed by atoms with Crippen molar-refractivity contribution in [2.75, 3.05) is 5.32 Å². The molecule has 0 bridgehead atoms. The lowest BCUT2D eigenvalue weighted by atomic mass is 9.95. The minimum Gasteiger partial charge on any atom is -0.310 e. The van der Waals surface area contributed by atoms with E-state index in [9.17, 15) is 13.6 Å². The first-order valence-electron chi connectivity index (χ1n) is 11.9. The Hall–Kier alpha value is -3.45. The molecule has 1 atom stereocenters. The number of rotatable bonds is 2. The smallest absolute Gasteiger partial charge is 0.310 e. The average Bonchev–Trinajstić information content (AvgIpc) is 3.43. The number of nitrogens with one attached hydrogen (secondary N) is 1. The molecule has 178 valence electrons. The highest BCUT2D eigenvalue weighted by Gasteiger charge is 2.36. The second-order valence-electron chi connectivity index (χ2n) is 9.30. The van der Waals surface area contributed by atoms with Gasteiger partial charge in [0.05, 0.1) is 24.0 Å². The van der Waals surface area contributed by atoms with Gasteiger partial charge in [-0.1, -0.05) is 29.8 Å². The van der Waals surface area contributed by atoms with Crippen molar-refractivity contribution in [3.63, 3.8) is 0 Å². The number of urea groups is 1. The highest BCUT2D eigenvalue weighted by atomic mass is 32.1. The topological polar surface area (TPSA) is 37.3 Å². The van der Waals surface area contributed by atoms with Crippen LogP contribution in [-0.4, -0.2) is 15.5 Å². The van der Waals surface area contributed by atoms with Crippen LogP contribution in [0.4, 0.5) is 19.3 Å². The Bertz CT molecular complexity index is 1440. The van der Waals surface area contributed by atoms with Gasteiger partial charge in [0.15, 0.2) is 0 Å². The fraction of sp³-hybridized carbons (Fsp3) is 0.250. The Morgan fingerprint density at radius 1 is 1.03 bits per heavy atom. The summed E-state index contributed by atoms with van der Waals surface area (Å²) in [7, 11) is 0. The molecule has 2 aliphatic rings. The van der Waals surface area contributed by atoms with E-state index in [1.54, 1.807) is 4.90 Å². The molecule has 0 saturated carbocycles. The molecule has 6 rings (SSSR count). The number of aromatic nitrogens is 1. The number of aryl methyl sites for hydroxylation is 2. The number of thiophene rings is 1. The lowest BCUT2D eigenvalue weighted by Gasteiger charge is -2.31. The van der Waals surface area contributed by atoms with Crippen LogP contribution < -0.4 is 5.32 Å². The molecule has 4 nitrogen and oxygen atoms in total. The maximum Gasteiger partial charge on any atom is 0.323 e. The number of benzene rings is 2. The van der Waals surface area contributed by atoms with Crippen molar-refractivity contribution in [1.82, 2.24) is 9.47 Å². The summed E-state index contributed by atoms with van der Waals surface area (Å²) in [5.74, 6) is -1.27. The van der Waals surface area contributed by atoms with Crippen LogP contribution in [0.3, 0.4) is 0 Å². The van der Waals surface area contributed by atoms with Crippen LogP contribution in [0, 0.1) is 18.6 Å². The predicted molar refractivity (Wildman–Crippen MR) is 134 cm³/mol. The molecule has 3 heterocycles. The zero-order valence-electron chi connectivity index (χ0n) is 19.4. The maximum atomic E-state index is 14.5. The van der Waals surface area contributed by atoms with Gasteiger partial charge in [0.25, 0.3) is 0 Å². The SMILES string of the molecule is Cc1cccc(C2c3cccn3-c3sc4c(c3CN2C(=O)Nc2cc(F)ccc2F)CCCC4)c1. The molecule has 0 saturated heterocycles. The van der Waals surface area contributed by atoms with Crippen molar-refractivity contribution >= 4 is 23.1 Å². The number of amides is 2. The summed E-state index contributed by atoms with van der Waals surface area (Å²) in [5.41, 5.74) is 5.38. The highest BCUT2D eigenvalue weighted by molar-refractivity contribution is 7.15. The monoisotopic (exact) mass is 489 g/mol. The van der Waals surface area contributed by atoms with Crippen molar-refractivity contribution in [1.29, 1.82) is 0 Å². The molecule has 1 aliphatic carbocycles. The number of hydrogen-bond donors (Lipinski definition) is 1. The zero-order chi connectivity index (χ0) is 24.1. The van der Waals surface area contributed by atoms with Gasteiger partial charge in [0.1, 0.15) is 16.6 Å². The van der Waals surface area contributed by atoms with Gasteiger partial charge in [-0.2, -0.15) is 0 Å². The summed E-state index contributed by atoms with van der Waals surface area (Å²) in [6.07, 6.45) is 6.44.